The lowest BCUT2D eigenvalue weighted by Gasteiger charge is -2.09. The van der Waals surface area contributed by atoms with E-state index in [1.54, 1.807) is 0 Å². The first-order valence-corrected chi connectivity index (χ1v) is 4.13. The molecule has 0 saturated carbocycles. The molecule has 0 aliphatic rings. The fourth-order valence-corrected chi connectivity index (χ4v) is 1.07. The number of rotatable bonds is 5. The molecule has 0 spiro atoms. The number of hydrogen-bond acceptors (Lipinski definition) is 3. The third-order valence-corrected chi connectivity index (χ3v) is 1.76. The maximum absolute atomic E-state index is 9.82. The summed E-state index contributed by atoms with van der Waals surface area (Å²) < 4.78 is 4.49. The Kier molecular flexibility index (Phi) is 3.99. The van der Waals surface area contributed by atoms with Gasteiger partial charge in [-0.1, -0.05) is 30.3 Å². The Balaban J connectivity index is 2.39. The molecule has 1 aromatic carbocycles. The third kappa shape index (κ3) is 3.25. The Morgan fingerprint density at radius 1 is 1.38 bits per heavy atom. The molecule has 0 aliphatic heterocycles. The van der Waals surface area contributed by atoms with Gasteiger partial charge >= 0.3 is 0 Å². The van der Waals surface area contributed by atoms with E-state index >= 15 is 0 Å². The van der Waals surface area contributed by atoms with Crippen LogP contribution in [0.2, 0.25) is 0 Å². The first kappa shape index (κ1) is 9.74. The minimum atomic E-state index is -0.554. The minimum Gasteiger partial charge on any atom is -0.468 e. The highest BCUT2D eigenvalue weighted by atomic mass is 16.5. The van der Waals surface area contributed by atoms with Gasteiger partial charge in [0, 0.05) is 6.42 Å². The molecule has 0 saturated heterocycles. The van der Waals surface area contributed by atoms with Crippen LogP contribution in [0.25, 0.3) is 0 Å². The van der Waals surface area contributed by atoms with E-state index in [1.807, 2.05) is 30.3 Å². The maximum Gasteiger partial charge on any atom is 0.293 e. The van der Waals surface area contributed by atoms with E-state index in [0.717, 1.165) is 5.56 Å². The predicted molar refractivity (Wildman–Crippen MR) is 48.0 cm³/mol. The number of aliphatic hydroxyl groups is 1. The molecule has 0 radical (unpaired) electrons. The van der Waals surface area contributed by atoms with E-state index in [4.69, 9.17) is 0 Å². The lowest BCUT2D eigenvalue weighted by atomic mass is 10.1. The molecular weight excluding hydrogens is 168 g/mol. The molecule has 1 unspecified atom stereocenters. The number of benzene rings is 1. The average Bonchev–Trinajstić information content (AvgIpc) is 2.19. The summed E-state index contributed by atoms with van der Waals surface area (Å²) in [6, 6.07) is 9.29. The molecule has 13 heavy (non-hydrogen) atoms. The van der Waals surface area contributed by atoms with Crippen LogP contribution in [0, 0.1) is 0 Å². The van der Waals surface area contributed by atoms with Crippen LogP contribution >= 0.6 is 0 Å². The van der Waals surface area contributed by atoms with Gasteiger partial charge in [-0.25, -0.2) is 0 Å². The van der Waals surface area contributed by atoms with Crippen molar-refractivity contribution in [3.8, 4) is 0 Å². The molecule has 3 nitrogen and oxygen atoms in total. The Morgan fingerprint density at radius 3 is 2.69 bits per heavy atom. The molecule has 0 heterocycles. The van der Waals surface area contributed by atoms with Gasteiger partial charge in [-0.2, -0.15) is 0 Å². The van der Waals surface area contributed by atoms with Crippen molar-refractivity contribution in [2.45, 2.75) is 12.5 Å². The van der Waals surface area contributed by atoms with Crippen molar-refractivity contribution in [1.82, 2.24) is 0 Å². The first-order valence-electron chi connectivity index (χ1n) is 4.13. The molecule has 0 bridgehead atoms. The monoisotopic (exact) mass is 180 g/mol. The highest BCUT2D eigenvalue weighted by molar-refractivity contribution is 5.36. The fourth-order valence-electron chi connectivity index (χ4n) is 1.07. The highest BCUT2D eigenvalue weighted by Gasteiger charge is 2.05. The number of carbonyl (C=O) groups excluding carboxylic acids is 1. The Labute approximate surface area is 77.0 Å². The Morgan fingerprint density at radius 2 is 2.08 bits per heavy atom. The van der Waals surface area contributed by atoms with Gasteiger partial charge in [-0.3, -0.25) is 4.79 Å². The van der Waals surface area contributed by atoms with Gasteiger partial charge in [-0.15, -0.1) is 0 Å². The van der Waals surface area contributed by atoms with Crippen LogP contribution < -0.4 is 0 Å². The summed E-state index contributed by atoms with van der Waals surface area (Å²) in [5.41, 5.74) is 0.844. The van der Waals surface area contributed by atoms with E-state index in [2.05, 4.69) is 4.74 Å². The van der Waals surface area contributed by atoms with Gasteiger partial charge in [-0.05, 0) is 5.56 Å². The molecule has 1 rings (SSSR count). The number of carbonyl (C=O) groups is 1. The zero-order chi connectivity index (χ0) is 9.52. The first-order chi connectivity index (χ1) is 6.34. The number of hydrogen-bond donors (Lipinski definition) is 1. The largest absolute Gasteiger partial charge is 0.468 e. The fraction of sp³-hybridized carbons (Fsp3) is 0.300. The van der Waals surface area contributed by atoms with Crippen LogP contribution in [0.4, 0.5) is 0 Å². The van der Waals surface area contributed by atoms with E-state index in [-0.39, 0.29) is 6.61 Å². The van der Waals surface area contributed by atoms with Gasteiger partial charge < -0.3 is 9.84 Å². The zero-order valence-electron chi connectivity index (χ0n) is 7.22. The van der Waals surface area contributed by atoms with Crippen LogP contribution in [-0.2, 0) is 9.53 Å². The van der Waals surface area contributed by atoms with Crippen LogP contribution in [0.15, 0.2) is 30.3 Å². The SMILES string of the molecule is O=COCCC(O)c1ccccc1. The highest BCUT2D eigenvalue weighted by Crippen LogP contribution is 2.15. The molecule has 0 fully saturated rings. The van der Waals surface area contributed by atoms with Crippen molar-refractivity contribution >= 4 is 6.47 Å². The number of ether oxygens (including phenoxy) is 1. The Bertz CT molecular complexity index is 246. The molecule has 0 aliphatic carbocycles. The molecule has 3 heteroatoms. The van der Waals surface area contributed by atoms with Crippen LogP contribution in [-0.4, -0.2) is 18.2 Å². The van der Waals surface area contributed by atoms with Crippen molar-refractivity contribution < 1.29 is 14.6 Å². The van der Waals surface area contributed by atoms with Gasteiger partial charge in [0.15, 0.2) is 0 Å². The quantitative estimate of drug-likeness (QED) is 0.548. The topological polar surface area (TPSA) is 46.5 Å². The van der Waals surface area contributed by atoms with Crippen molar-refractivity contribution in [3.63, 3.8) is 0 Å². The molecule has 70 valence electrons. The second kappa shape index (κ2) is 5.32. The number of aliphatic hydroxyl groups excluding tert-OH is 1. The van der Waals surface area contributed by atoms with Gasteiger partial charge in [0.05, 0.1) is 12.7 Å². The normalized spacial score (nSPS) is 12.1. The summed E-state index contributed by atoms with van der Waals surface area (Å²) in [6.45, 7) is 0.636. The van der Waals surface area contributed by atoms with E-state index in [1.165, 1.54) is 0 Å². The van der Waals surface area contributed by atoms with Crippen LogP contribution in [0.5, 0.6) is 0 Å². The van der Waals surface area contributed by atoms with E-state index < -0.39 is 6.10 Å². The molecule has 0 amide bonds. The molecule has 0 aromatic heterocycles. The standard InChI is InChI=1S/C10H12O3/c11-8-13-7-6-10(12)9-4-2-1-3-5-9/h1-5,8,10,12H,6-7H2. The summed E-state index contributed by atoms with van der Waals surface area (Å²) >= 11 is 0. The van der Waals surface area contributed by atoms with Crippen molar-refractivity contribution in [3.05, 3.63) is 35.9 Å². The average molecular weight is 180 g/mol. The predicted octanol–water partition coefficient (Wildman–Crippen LogP) is 1.28. The molecule has 1 aromatic rings. The van der Waals surface area contributed by atoms with Crippen LogP contribution in [0.3, 0.4) is 0 Å². The van der Waals surface area contributed by atoms with Crippen molar-refractivity contribution in [2.24, 2.45) is 0 Å². The van der Waals surface area contributed by atoms with Crippen molar-refractivity contribution in [2.75, 3.05) is 6.61 Å². The van der Waals surface area contributed by atoms with Gasteiger partial charge in [0.25, 0.3) is 6.47 Å². The molecular formula is C10H12O3. The summed E-state index contributed by atoms with van der Waals surface area (Å²) in [5, 5.41) is 9.55. The Hall–Kier alpha value is -1.35. The van der Waals surface area contributed by atoms with Gasteiger partial charge in [0.2, 0.25) is 0 Å². The smallest absolute Gasteiger partial charge is 0.293 e. The summed E-state index contributed by atoms with van der Waals surface area (Å²) in [4.78, 5) is 9.82. The van der Waals surface area contributed by atoms with Gasteiger partial charge in [0.1, 0.15) is 0 Å². The minimum absolute atomic E-state index is 0.250. The molecule has 1 N–H and O–H groups in total. The van der Waals surface area contributed by atoms with E-state index in [0.29, 0.717) is 12.9 Å². The lowest BCUT2D eigenvalue weighted by molar-refractivity contribution is -0.129. The summed E-state index contributed by atoms with van der Waals surface area (Å²) in [5.74, 6) is 0. The molecule has 1 atom stereocenters. The second-order valence-electron chi connectivity index (χ2n) is 2.68. The second-order valence-corrected chi connectivity index (χ2v) is 2.68. The maximum atomic E-state index is 9.82. The van der Waals surface area contributed by atoms with Crippen molar-refractivity contribution in [1.29, 1.82) is 0 Å². The summed E-state index contributed by atoms with van der Waals surface area (Å²) in [7, 11) is 0. The third-order valence-electron chi connectivity index (χ3n) is 1.76. The van der Waals surface area contributed by atoms with E-state index in [9.17, 15) is 9.90 Å². The summed E-state index contributed by atoms with van der Waals surface area (Å²) in [6.07, 6.45) is -0.121. The lowest BCUT2D eigenvalue weighted by Crippen LogP contribution is -2.02. The van der Waals surface area contributed by atoms with Crippen LogP contribution in [0.1, 0.15) is 18.1 Å². The zero-order valence-corrected chi connectivity index (χ0v) is 7.22.